The van der Waals surface area contributed by atoms with Crippen LogP contribution >= 0.6 is 0 Å². The first kappa shape index (κ1) is 11.1. The molecule has 2 N–H and O–H groups in total. The molecular formula is C15H21NO. The summed E-state index contributed by atoms with van der Waals surface area (Å²) in [5.41, 5.74) is 7.94. The van der Waals surface area contributed by atoms with E-state index in [0.717, 1.165) is 24.7 Å². The Labute approximate surface area is 103 Å². The van der Waals surface area contributed by atoms with E-state index in [1.165, 1.54) is 24.8 Å². The summed E-state index contributed by atoms with van der Waals surface area (Å²) in [5.74, 6) is 2.35. The van der Waals surface area contributed by atoms with Crippen LogP contribution in [0.2, 0.25) is 0 Å². The molecule has 92 valence electrons. The zero-order valence-corrected chi connectivity index (χ0v) is 10.5. The van der Waals surface area contributed by atoms with Crippen LogP contribution in [0.5, 0.6) is 5.75 Å². The molecule has 1 fully saturated rings. The van der Waals surface area contributed by atoms with E-state index >= 15 is 0 Å². The predicted octanol–water partition coefficient (Wildman–Crippen LogP) is 3.07. The molecule has 0 spiro atoms. The number of ether oxygens (including phenoxy) is 1. The van der Waals surface area contributed by atoms with Crippen LogP contribution in [0.1, 0.15) is 44.1 Å². The number of fused-ring (bicyclic) bond motifs is 1. The van der Waals surface area contributed by atoms with E-state index in [-0.39, 0.29) is 5.54 Å². The van der Waals surface area contributed by atoms with Crippen molar-refractivity contribution in [2.45, 2.75) is 44.1 Å². The summed E-state index contributed by atoms with van der Waals surface area (Å²) in [6.45, 7) is 3.13. The first-order valence-electron chi connectivity index (χ1n) is 6.67. The third-order valence-electron chi connectivity index (χ3n) is 4.34. The first-order valence-corrected chi connectivity index (χ1v) is 6.67. The van der Waals surface area contributed by atoms with Gasteiger partial charge in [0.05, 0.1) is 6.61 Å². The minimum Gasteiger partial charge on any atom is -0.493 e. The fourth-order valence-corrected chi connectivity index (χ4v) is 3.51. The van der Waals surface area contributed by atoms with E-state index in [4.69, 9.17) is 10.5 Å². The molecule has 0 saturated heterocycles. The molecule has 1 heterocycles. The van der Waals surface area contributed by atoms with Crippen LogP contribution in [0.3, 0.4) is 0 Å². The second-order valence-corrected chi connectivity index (χ2v) is 5.96. The second kappa shape index (κ2) is 4.02. The molecule has 3 rings (SSSR count). The number of hydrogen-bond acceptors (Lipinski definition) is 2. The molecule has 2 heteroatoms. The lowest BCUT2D eigenvalue weighted by atomic mass is 9.83. The Morgan fingerprint density at radius 1 is 1.41 bits per heavy atom. The molecule has 0 bridgehead atoms. The van der Waals surface area contributed by atoms with E-state index in [0.29, 0.717) is 5.92 Å². The van der Waals surface area contributed by atoms with Gasteiger partial charge < -0.3 is 10.5 Å². The smallest absolute Gasteiger partial charge is 0.122 e. The normalized spacial score (nSPS) is 35.6. The number of nitrogens with two attached hydrogens (primary N) is 1. The van der Waals surface area contributed by atoms with Gasteiger partial charge in [0.2, 0.25) is 0 Å². The molecule has 2 nitrogen and oxygen atoms in total. The van der Waals surface area contributed by atoms with E-state index in [1.807, 2.05) is 6.07 Å². The van der Waals surface area contributed by atoms with Crippen LogP contribution in [-0.4, -0.2) is 12.1 Å². The van der Waals surface area contributed by atoms with Crippen molar-refractivity contribution < 1.29 is 4.74 Å². The summed E-state index contributed by atoms with van der Waals surface area (Å²) in [5, 5.41) is 0. The lowest BCUT2D eigenvalue weighted by molar-refractivity contribution is 0.286. The van der Waals surface area contributed by atoms with Crippen molar-refractivity contribution in [1.29, 1.82) is 0 Å². The average Bonchev–Trinajstić information content (AvgIpc) is 2.85. The minimum atomic E-state index is 0.0465. The van der Waals surface area contributed by atoms with Crippen molar-refractivity contribution in [2.24, 2.45) is 11.7 Å². The van der Waals surface area contributed by atoms with Gasteiger partial charge in [-0.05, 0) is 37.7 Å². The molecular weight excluding hydrogens is 210 g/mol. The Bertz CT molecular complexity index is 417. The highest BCUT2D eigenvalue weighted by molar-refractivity contribution is 5.39. The Morgan fingerprint density at radius 2 is 2.24 bits per heavy atom. The highest BCUT2D eigenvalue weighted by Gasteiger charge is 2.38. The molecule has 2 aliphatic rings. The number of para-hydroxylation sites is 1. The molecule has 3 unspecified atom stereocenters. The highest BCUT2D eigenvalue weighted by atomic mass is 16.5. The molecule has 1 saturated carbocycles. The van der Waals surface area contributed by atoms with Gasteiger partial charge in [0, 0.05) is 17.0 Å². The van der Waals surface area contributed by atoms with Gasteiger partial charge in [0.15, 0.2) is 0 Å². The van der Waals surface area contributed by atoms with Gasteiger partial charge in [0.1, 0.15) is 5.75 Å². The van der Waals surface area contributed by atoms with Crippen molar-refractivity contribution in [3.8, 4) is 5.75 Å². The fourth-order valence-electron chi connectivity index (χ4n) is 3.51. The molecule has 3 atom stereocenters. The van der Waals surface area contributed by atoms with Gasteiger partial charge in [-0.25, -0.2) is 0 Å². The predicted molar refractivity (Wildman–Crippen MR) is 69.2 cm³/mol. The molecule has 0 amide bonds. The van der Waals surface area contributed by atoms with Crippen LogP contribution in [0.15, 0.2) is 24.3 Å². The van der Waals surface area contributed by atoms with Gasteiger partial charge in [0.25, 0.3) is 0 Å². The highest BCUT2D eigenvalue weighted by Crippen LogP contribution is 2.43. The molecule has 1 aromatic carbocycles. The maximum Gasteiger partial charge on any atom is 0.122 e. The van der Waals surface area contributed by atoms with E-state index in [2.05, 4.69) is 25.1 Å². The van der Waals surface area contributed by atoms with Crippen LogP contribution in [0, 0.1) is 5.92 Å². The van der Waals surface area contributed by atoms with Gasteiger partial charge in [-0.1, -0.05) is 25.1 Å². The summed E-state index contributed by atoms with van der Waals surface area (Å²) in [4.78, 5) is 0. The quantitative estimate of drug-likeness (QED) is 0.849. The topological polar surface area (TPSA) is 35.2 Å². The Morgan fingerprint density at radius 3 is 3.00 bits per heavy atom. The zero-order valence-electron chi connectivity index (χ0n) is 10.5. The third kappa shape index (κ3) is 2.06. The summed E-state index contributed by atoms with van der Waals surface area (Å²) < 4.78 is 5.74. The van der Waals surface area contributed by atoms with E-state index < -0.39 is 0 Å². The van der Waals surface area contributed by atoms with Gasteiger partial charge in [-0.2, -0.15) is 0 Å². The van der Waals surface area contributed by atoms with E-state index in [9.17, 15) is 0 Å². The molecule has 0 aromatic heterocycles. The van der Waals surface area contributed by atoms with Crippen molar-refractivity contribution in [3.63, 3.8) is 0 Å². The Hall–Kier alpha value is -1.02. The van der Waals surface area contributed by atoms with Crippen LogP contribution in [-0.2, 0) is 0 Å². The monoisotopic (exact) mass is 231 g/mol. The Balaban J connectivity index is 1.75. The number of benzene rings is 1. The lowest BCUT2D eigenvalue weighted by Crippen LogP contribution is -2.38. The second-order valence-electron chi connectivity index (χ2n) is 5.96. The fraction of sp³-hybridized carbons (Fsp3) is 0.600. The van der Waals surface area contributed by atoms with Crippen molar-refractivity contribution in [2.75, 3.05) is 6.61 Å². The summed E-state index contributed by atoms with van der Waals surface area (Å²) in [6, 6.07) is 8.39. The molecule has 1 aromatic rings. The van der Waals surface area contributed by atoms with Crippen LogP contribution < -0.4 is 10.5 Å². The summed E-state index contributed by atoms with van der Waals surface area (Å²) >= 11 is 0. The van der Waals surface area contributed by atoms with Gasteiger partial charge in [-0.15, -0.1) is 0 Å². The maximum absolute atomic E-state index is 6.53. The standard InChI is InChI=1S/C15H21NO/c1-11-6-7-15(16,8-11)9-12-10-17-14-5-3-2-4-13(12)14/h2-5,11-12H,6-10,16H2,1H3. The Kier molecular flexibility index (Phi) is 2.62. The number of rotatable bonds is 2. The lowest BCUT2D eigenvalue weighted by Gasteiger charge is -2.27. The van der Waals surface area contributed by atoms with Crippen molar-refractivity contribution >= 4 is 0 Å². The number of hydrogen-bond donors (Lipinski definition) is 1. The van der Waals surface area contributed by atoms with Crippen LogP contribution in [0.4, 0.5) is 0 Å². The van der Waals surface area contributed by atoms with Gasteiger partial charge >= 0.3 is 0 Å². The molecule has 0 radical (unpaired) electrons. The van der Waals surface area contributed by atoms with E-state index in [1.54, 1.807) is 0 Å². The third-order valence-corrected chi connectivity index (χ3v) is 4.34. The molecule has 1 aliphatic heterocycles. The maximum atomic E-state index is 6.53. The summed E-state index contributed by atoms with van der Waals surface area (Å²) in [7, 11) is 0. The SMILES string of the molecule is CC1CCC(N)(CC2COc3ccccc32)C1. The van der Waals surface area contributed by atoms with Crippen molar-refractivity contribution in [3.05, 3.63) is 29.8 Å². The first-order chi connectivity index (χ1) is 8.16. The zero-order chi connectivity index (χ0) is 11.9. The van der Waals surface area contributed by atoms with Crippen molar-refractivity contribution in [1.82, 2.24) is 0 Å². The minimum absolute atomic E-state index is 0.0465. The largest absolute Gasteiger partial charge is 0.493 e. The molecule has 17 heavy (non-hydrogen) atoms. The molecule has 1 aliphatic carbocycles. The summed E-state index contributed by atoms with van der Waals surface area (Å²) in [6.07, 6.45) is 4.71. The van der Waals surface area contributed by atoms with Gasteiger partial charge in [-0.3, -0.25) is 0 Å². The average molecular weight is 231 g/mol. The van der Waals surface area contributed by atoms with Crippen LogP contribution in [0.25, 0.3) is 0 Å².